The summed E-state index contributed by atoms with van der Waals surface area (Å²) in [6.07, 6.45) is 1.76. The molecule has 5 nitrogen and oxygen atoms in total. The number of nitrogens with zero attached hydrogens (tertiary/aromatic N) is 2. The van der Waals surface area contributed by atoms with Gasteiger partial charge in [0.05, 0.1) is 6.04 Å². The van der Waals surface area contributed by atoms with Crippen molar-refractivity contribution in [1.29, 1.82) is 0 Å². The van der Waals surface area contributed by atoms with Gasteiger partial charge in [-0.1, -0.05) is 23.7 Å². The van der Waals surface area contributed by atoms with Gasteiger partial charge in [0.15, 0.2) is 5.82 Å². The molecular weight excluding hydrogens is 264 g/mol. The van der Waals surface area contributed by atoms with Gasteiger partial charge in [0.2, 0.25) is 0 Å². The normalized spacial score (nSPS) is 11.9. The van der Waals surface area contributed by atoms with Crippen molar-refractivity contribution in [3.05, 3.63) is 47.1 Å². The number of aromatic nitrogens is 2. The first-order chi connectivity index (χ1) is 9.04. The van der Waals surface area contributed by atoms with E-state index in [4.69, 9.17) is 11.6 Å². The first-order valence-corrected chi connectivity index (χ1v) is 6.25. The molecule has 19 heavy (non-hydrogen) atoms. The second kappa shape index (κ2) is 5.75. The summed E-state index contributed by atoms with van der Waals surface area (Å²) < 4.78 is 1.62. The van der Waals surface area contributed by atoms with Crippen LogP contribution in [0.1, 0.15) is 18.5 Å². The highest BCUT2D eigenvalue weighted by molar-refractivity contribution is 6.30. The number of carbonyl (C=O) groups excluding carboxylic acids is 1. The number of nitrogens with one attached hydrogen (secondary N) is 2. The highest BCUT2D eigenvalue weighted by Gasteiger charge is 2.10. The van der Waals surface area contributed by atoms with Crippen LogP contribution in [0.3, 0.4) is 0 Å². The molecule has 0 fully saturated rings. The van der Waals surface area contributed by atoms with E-state index in [1.165, 1.54) is 0 Å². The molecule has 6 heteroatoms. The third kappa shape index (κ3) is 3.72. The minimum Gasteiger partial charge on any atom is -0.331 e. The monoisotopic (exact) mass is 278 g/mol. The number of carbonyl (C=O) groups is 1. The van der Waals surface area contributed by atoms with Crippen molar-refractivity contribution in [1.82, 2.24) is 15.1 Å². The zero-order valence-electron chi connectivity index (χ0n) is 10.7. The number of rotatable bonds is 3. The lowest BCUT2D eigenvalue weighted by Crippen LogP contribution is -2.31. The largest absolute Gasteiger partial charge is 0.331 e. The summed E-state index contributed by atoms with van der Waals surface area (Å²) in [6, 6.07) is 8.69. The van der Waals surface area contributed by atoms with Crippen LogP contribution < -0.4 is 10.6 Å². The predicted molar refractivity (Wildman–Crippen MR) is 75.2 cm³/mol. The second-order valence-corrected chi connectivity index (χ2v) is 4.68. The molecule has 0 aliphatic heterocycles. The SMILES string of the molecule is CC(NC(=O)Nc1ccn(C)n1)c1ccc(Cl)cc1. The molecule has 0 aliphatic carbocycles. The van der Waals surface area contributed by atoms with Gasteiger partial charge in [0.1, 0.15) is 0 Å². The van der Waals surface area contributed by atoms with E-state index in [-0.39, 0.29) is 12.1 Å². The molecule has 2 rings (SSSR count). The molecule has 0 saturated heterocycles. The van der Waals surface area contributed by atoms with E-state index in [0.29, 0.717) is 10.8 Å². The standard InChI is InChI=1S/C13H15ClN4O/c1-9(10-3-5-11(14)6-4-10)15-13(19)16-12-7-8-18(2)17-12/h3-9H,1-2H3,(H2,15,16,17,19). The van der Waals surface area contributed by atoms with E-state index in [1.807, 2.05) is 19.1 Å². The Morgan fingerprint density at radius 1 is 1.32 bits per heavy atom. The molecule has 0 bridgehead atoms. The van der Waals surface area contributed by atoms with E-state index >= 15 is 0 Å². The Bertz CT molecular complexity index is 564. The van der Waals surface area contributed by atoms with E-state index in [9.17, 15) is 4.79 Å². The van der Waals surface area contributed by atoms with Crippen LogP contribution in [0.15, 0.2) is 36.5 Å². The number of halogens is 1. The molecule has 0 radical (unpaired) electrons. The molecule has 2 amide bonds. The average molecular weight is 279 g/mol. The van der Waals surface area contributed by atoms with Crippen LogP contribution >= 0.6 is 11.6 Å². The summed E-state index contributed by atoms with van der Waals surface area (Å²) in [7, 11) is 1.79. The number of amides is 2. The zero-order valence-corrected chi connectivity index (χ0v) is 11.5. The van der Waals surface area contributed by atoms with Gasteiger partial charge in [-0.15, -0.1) is 0 Å². The molecule has 1 unspecified atom stereocenters. The molecule has 0 spiro atoms. The molecular formula is C13H15ClN4O. The maximum Gasteiger partial charge on any atom is 0.320 e. The van der Waals surface area contributed by atoms with Crippen molar-refractivity contribution >= 4 is 23.4 Å². The van der Waals surface area contributed by atoms with Crippen LogP contribution in [-0.4, -0.2) is 15.8 Å². The van der Waals surface area contributed by atoms with E-state index in [0.717, 1.165) is 5.56 Å². The Hall–Kier alpha value is -2.01. The first-order valence-electron chi connectivity index (χ1n) is 5.87. The Balaban J connectivity index is 1.93. The van der Waals surface area contributed by atoms with Crippen molar-refractivity contribution in [2.24, 2.45) is 7.05 Å². The van der Waals surface area contributed by atoms with Crippen LogP contribution in [0, 0.1) is 0 Å². The number of benzene rings is 1. The topological polar surface area (TPSA) is 59.0 Å². The molecule has 1 aromatic heterocycles. The maximum atomic E-state index is 11.8. The van der Waals surface area contributed by atoms with Crippen molar-refractivity contribution in [2.45, 2.75) is 13.0 Å². The predicted octanol–water partition coefficient (Wildman–Crippen LogP) is 2.96. The van der Waals surface area contributed by atoms with Gasteiger partial charge in [-0.2, -0.15) is 5.10 Å². The van der Waals surface area contributed by atoms with E-state index in [2.05, 4.69) is 15.7 Å². The molecule has 2 N–H and O–H groups in total. The lowest BCUT2D eigenvalue weighted by Gasteiger charge is -2.14. The van der Waals surface area contributed by atoms with Crippen molar-refractivity contribution < 1.29 is 4.79 Å². The van der Waals surface area contributed by atoms with Gasteiger partial charge in [0, 0.05) is 24.3 Å². The van der Waals surface area contributed by atoms with E-state index < -0.39 is 0 Å². The smallest absolute Gasteiger partial charge is 0.320 e. The molecule has 2 aromatic rings. The number of hydrogen-bond donors (Lipinski definition) is 2. The molecule has 100 valence electrons. The van der Waals surface area contributed by atoms with Gasteiger partial charge >= 0.3 is 6.03 Å². The number of anilines is 1. The Morgan fingerprint density at radius 3 is 2.58 bits per heavy atom. The summed E-state index contributed by atoms with van der Waals surface area (Å²) in [5.74, 6) is 0.517. The van der Waals surface area contributed by atoms with Crippen LogP contribution in [-0.2, 0) is 7.05 Å². The van der Waals surface area contributed by atoms with Gasteiger partial charge < -0.3 is 5.32 Å². The first kappa shape index (κ1) is 13.4. The third-order valence-corrected chi connectivity index (χ3v) is 2.92. The fourth-order valence-electron chi connectivity index (χ4n) is 1.67. The molecule has 0 aliphatic rings. The van der Waals surface area contributed by atoms with Crippen LogP contribution in [0.2, 0.25) is 5.02 Å². The Labute approximate surface area is 116 Å². The minimum atomic E-state index is -0.291. The van der Waals surface area contributed by atoms with Crippen LogP contribution in [0.4, 0.5) is 10.6 Å². The van der Waals surface area contributed by atoms with Gasteiger partial charge in [-0.25, -0.2) is 4.79 Å². The van der Waals surface area contributed by atoms with Gasteiger partial charge in [0.25, 0.3) is 0 Å². The van der Waals surface area contributed by atoms with Gasteiger partial charge in [-0.3, -0.25) is 10.00 Å². The maximum absolute atomic E-state index is 11.8. The van der Waals surface area contributed by atoms with Crippen molar-refractivity contribution in [3.8, 4) is 0 Å². The van der Waals surface area contributed by atoms with E-state index in [1.54, 1.807) is 36.1 Å². The fraction of sp³-hybridized carbons (Fsp3) is 0.231. The number of hydrogen-bond acceptors (Lipinski definition) is 2. The van der Waals surface area contributed by atoms with Crippen molar-refractivity contribution in [3.63, 3.8) is 0 Å². The molecule has 0 saturated carbocycles. The number of urea groups is 1. The zero-order chi connectivity index (χ0) is 13.8. The fourth-order valence-corrected chi connectivity index (χ4v) is 1.79. The van der Waals surface area contributed by atoms with Gasteiger partial charge in [-0.05, 0) is 24.6 Å². The average Bonchev–Trinajstić information content (AvgIpc) is 2.75. The summed E-state index contributed by atoms with van der Waals surface area (Å²) in [4.78, 5) is 11.8. The summed E-state index contributed by atoms with van der Waals surface area (Å²) in [5.41, 5.74) is 0.987. The lowest BCUT2D eigenvalue weighted by molar-refractivity contribution is 0.249. The van der Waals surface area contributed by atoms with Crippen LogP contribution in [0.25, 0.3) is 0 Å². The summed E-state index contributed by atoms with van der Waals surface area (Å²) in [5, 5.41) is 10.2. The third-order valence-electron chi connectivity index (χ3n) is 2.67. The highest BCUT2D eigenvalue weighted by Crippen LogP contribution is 2.16. The Morgan fingerprint density at radius 2 is 2.00 bits per heavy atom. The summed E-state index contributed by atoms with van der Waals surface area (Å²) in [6.45, 7) is 1.90. The highest BCUT2D eigenvalue weighted by atomic mass is 35.5. The minimum absolute atomic E-state index is 0.110. The summed E-state index contributed by atoms with van der Waals surface area (Å²) >= 11 is 5.82. The van der Waals surface area contributed by atoms with Crippen molar-refractivity contribution in [2.75, 3.05) is 5.32 Å². The van der Waals surface area contributed by atoms with Crippen LogP contribution in [0.5, 0.6) is 0 Å². The number of aryl methyl sites for hydroxylation is 1. The second-order valence-electron chi connectivity index (χ2n) is 4.25. The lowest BCUT2D eigenvalue weighted by atomic mass is 10.1. The Kier molecular flexibility index (Phi) is 4.06. The molecule has 1 atom stereocenters. The quantitative estimate of drug-likeness (QED) is 0.907. The molecule has 1 heterocycles. The molecule has 1 aromatic carbocycles.